The van der Waals surface area contributed by atoms with Crippen LogP contribution in [0.1, 0.15) is 15.9 Å². The standard InChI is InChI=1S/C15H11BrN2O2/c1-20-13-5-2-10(3-6-13)15(19)18-14-7-4-12(16)8-11(14)9-17/h2-8H,1H3,(H,18,19). The second-order valence-corrected chi connectivity index (χ2v) is 4.90. The van der Waals surface area contributed by atoms with Crippen LogP contribution in [0.4, 0.5) is 5.69 Å². The maximum absolute atomic E-state index is 12.1. The van der Waals surface area contributed by atoms with Gasteiger partial charge in [0.1, 0.15) is 11.8 Å². The Bertz CT molecular complexity index is 675. The monoisotopic (exact) mass is 330 g/mol. The van der Waals surface area contributed by atoms with Crippen molar-refractivity contribution < 1.29 is 9.53 Å². The number of nitrogens with one attached hydrogen (secondary N) is 1. The molecule has 2 rings (SSSR count). The van der Waals surface area contributed by atoms with E-state index < -0.39 is 0 Å². The number of nitriles is 1. The lowest BCUT2D eigenvalue weighted by atomic mass is 10.1. The number of carbonyl (C=O) groups excluding carboxylic acids is 1. The highest BCUT2D eigenvalue weighted by molar-refractivity contribution is 9.10. The Morgan fingerprint density at radius 3 is 2.55 bits per heavy atom. The second kappa shape index (κ2) is 6.22. The van der Waals surface area contributed by atoms with E-state index in [1.807, 2.05) is 6.07 Å². The SMILES string of the molecule is COc1ccc(C(=O)Nc2ccc(Br)cc2C#N)cc1. The minimum absolute atomic E-state index is 0.272. The van der Waals surface area contributed by atoms with Crippen LogP contribution in [-0.2, 0) is 0 Å². The molecule has 0 unspecified atom stereocenters. The fourth-order valence-electron chi connectivity index (χ4n) is 1.65. The van der Waals surface area contributed by atoms with E-state index >= 15 is 0 Å². The molecule has 0 aliphatic heterocycles. The number of nitrogens with zero attached hydrogens (tertiary/aromatic N) is 1. The van der Waals surface area contributed by atoms with Gasteiger partial charge in [-0.15, -0.1) is 0 Å². The van der Waals surface area contributed by atoms with Gasteiger partial charge in [0.25, 0.3) is 5.91 Å². The molecule has 5 heteroatoms. The lowest BCUT2D eigenvalue weighted by Crippen LogP contribution is -2.12. The number of amides is 1. The predicted octanol–water partition coefficient (Wildman–Crippen LogP) is 3.58. The molecule has 100 valence electrons. The third-order valence-electron chi connectivity index (χ3n) is 2.70. The van der Waals surface area contributed by atoms with E-state index in [2.05, 4.69) is 21.2 Å². The number of hydrogen-bond donors (Lipinski definition) is 1. The van der Waals surface area contributed by atoms with Crippen molar-refractivity contribution in [1.82, 2.24) is 0 Å². The number of anilines is 1. The summed E-state index contributed by atoms with van der Waals surface area (Å²) in [5.41, 5.74) is 1.38. The van der Waals surface area contributed by atoms with Crippen molar-refractivity contribution in [1.29, 1.82) is 5.26 Å². The minimum Gasteiger partial charge on any atom is -0.497 e. The number of methoxy groups -OCH3 is 1. The smallest absolute Gasteiger partial charge is 0.255 e. The molecule has 0 saturated carbocycles. The summed E-state index contributed by atoms with van der Waals surface area (Å²) < 4.78 is 5.83. The summed E-state index contributed by atoms with van der Waals surface area (Å²) in [6.07, 6.45) is 0. The average molecular weight is 331 g/mol. The summed E-state index contributed by atoms with van der Waals surface area (Å²) in [4.78, 5) is 12.1. The van der Waals surface area contributed by atoms with E-state index in [0.717, 1.165) is 4.47 Å². The third kappa shape index (κ3) is 3.16. The fourth-order valence-corrected chi connectivity index (χ4v) is 2.02. The van der Waals surface area contributed by atoms with Gasteiger partial charge in [-0.3, -0.25) is 4.79 Å². The molecule has 0 aliphatic rings. The van der Waals surface area contributed by atoms with Gasteiger partial charge in [-0.1, -0.05) is 15.9 Å². The molecule has 2 aromatic carbocycles. The summed E-state index contributed by atoms with van der Waals surface area (Å²) in [5.74, 6) is 0.411. The van der Waals surface area contributed by atoms with Crippen molar-refractivity contribution in [2.45, 2.75) is 0 Å². The zero-order valence-electron chi connectivity index (χ0n) is 10.7. The Balaban J connectivity index is 2.21. The van der Waals surface area contributed by atoms with Gasteiger partial charge in [-0.25, -0.2) is 0 Å². The first-order chi connectivity index (χ1) is 9.63. The molecule has 0 atom stereocenters. The zero-order chi connectivity index (χ0) is 14.5. The first kappa shape index (κ1) is 14.1. The zero-order valence-corrected chi connectivity index (χ0v) is 12.3. The summed E-state index contributed by atoms with van der Waals surface area (Å²) in [7, 11) is 1.57. The highest BCUT2D eigenvalue weighted by Crippen LogP contribution is 2.21. The number of carbonyl (C=O) groups is 1. The lowest BCUT2D eigenvalue weighted by molar-refractivity contribution is 0.102. The Morgan fingerprint density at radius 1 is 1.25 bits per heavy atom. The quantitative estimate of drug-likeness (QED) is 0.935. The van der Waals surface area contributed by atoms with E-state index in [0.29, 0.717) is 22.6 Å². The third-order valence-corrected chi connectivity index (χ3v) is 3.20. The van der Waals surface area contributed by atoms with Crippen LogP contribution in [0.25, 0.3) is 0 Å². The van der Waals surface area contributed by atoms with Crippen LogP contribution < -0.4 is 10.1 Å². The van der Waals surface area contributed by atoms with E-state index in [1.165, 1.54) is 0 Å². The number of hydrogen-bond acceptors (Lipinski definition) is 3. The van der Waals surface area contributed by atoms with Crippen molar-refractivity contribution in [2.24, 2.45) is 0 Å². The highest BCUT2D eigenvalue weighted by atomic mass is 79.9. The van der Waals surface area contributed by atoms with Crippen molar-refractivity contribution in [3.8, 4) is 11.8 Å². The maximum Gasteiger partial charge on any atom is 0.255 e. The van der Waals surface area contributed by atoms with Crippen LogP contribution in [0.5, 0.6) is 5.75 Å². The molecule has 0 aromatic heterocycles. The molecule has 0 aliphatic carbocycles. The molecular formula is C15H11BrN2O2. The van der Waals surface area contributed by atoms with Crippen molar-refractivity contribution >= 4 is 27.5 Å². The van der Waals surface area contributed by atoms with E-state index in [1.54, 1.807) is 49.6 Å². The molecule has 0 saturated heterocycles. The number of ether oxygens (including phenoxy) is 1. The Kier molecular flexibility index (Phi) is 4.38. The topological polar surface area (TPSA) is 62.1 Å². The second-order valence-electron chi connectivity index (χ2n) is 3.98. The molecule has 0 heterocycles. The predicted molar refractivity (Wildman–Crippen MR) is 79.8 cm³/mol. The lowest BCUT2D eigenvalue weighted by Gasteiger charge is -2.08. The van der Waals surface area contributed by atoms with Crippen LogP contribution in [0.3, 0.4) is 0 Å². The number of halogens is 1. The summed E-state index contributed by atoms with van der Waals surface area (Å²) in [6, 6.07) is 13.9. The molecule has 1 amide bonds. The minimum atomic E-state index is -0.272. The van der Waals surface area contributed by atoms with Crippen molar-refractivity contribution in [3.63, 3.8) is 0 Å². The molecule has 0 radical (unpaired) electrons. The molecule has 4 nitrogen and oxygen atoms in total. The average Bonchev–Trinajstić information content (AvgIpc) is 2.49. The highest BCUT2D eigenvalue weighted by Gasteiger charge is 2.09. The summed E-state index contributed by atoms with van der Waals surface area (Å²) >= 11 is 3.29. The number of rotatable bonds is 3. The van der Waals surface area contributed by atoms with Gasteiger partial charge >= 0.3 is 0 Å². The molecule has 1 N–H and O–H groups in total. The van der Waals surface area contributed by atoms with Gasteiger partial charge in [-0.2, -0.15) is 5.26 Å². The Hall–Kier alpha value is -2.32. The molecule has 0 bridgehead atoms. The van der Waals surface area contributed by atoms with E-state index in [4.69, 9.17) is 10.00 Å². The Labute approximate surface area is 125 Å². The first-order valence-corrected chi connectivity index (χ1v) is 6.58. The Morgan fingerprint density at radius 2 is 1.95 bits per heavy atom. The van der Waals surface area contributed by atoms with Crippen LogP contribution >= 0.6 is 15.9 Å². The molecule has 0 fully saturated rings. The van der Waals surface area contributed by atoms with Gasteiger partial charge in [0, 0.05) is 10.0 Å². The fraction of sp³-hybridized carbons (Fsp3) is 0.0667. The van der Waals surface area contributed by atoms with Crippen LogP contribution in [0.2, 0.25) is 0 Å². The maximum atomic E-state index is 12.1. The van der Waals surface area contributed by atoms with Gasteiger partial charge in [0.2, 0.25) is 0 Å². The van der Waals surface area contributed by atoms with Crippen molar-refractivity contribution in [3.05, 3.63) is 58.1 Å². The number of benzene rings is 2. The van der Waals surface area contributed by atoms with E-state index in [9.17, 15) is 4.79 Å². The van der Waals surface area contributed by atoms with E-state index in [-0.39, 0.29) is 5.91 Å². The van der Waals surface area contributed by atoms with Crippen molar-refractivity contribution in [2.75, 3.05) is 12.4 Å². The molecule has 2 aromatic rings. The van der Waals surface area contributed by atoms with Gasteiger partial charge in [0.05, 0.1) is 18.4 Å². The molecule has 0 spiro atoms. The largest absolute Gasteiger partial charge is 0.497 e. The summed E-state index contributed by atoms with van der Waals surface area (Å²) in [5, 5.41) is 11.8. The molecular weight excluding hydrogens is 320 g/mol. The van der Waals surface area contributed by atoms with Gasteiger partial charge < -0.3 is 10.1 Å². The van der Waals surface area contributed by atoms with Crippen LogP contribution in [0, 0.1) is 11.3 Å². The first-order valence-electron chi connectivity index (χ1n) is 5.79. The van der Waals surface area contributed by atoms with Crippen LogP contribution in [0.15, 0.2) is 46.9 Å². The van der Waals surface area contributed by atoms with Gasteiger partial charge in [-0.05, 0) is 42.5 Å². The normalized spacial score (nSPS) is 9.65. The van der Waals surface area contributed by atoms with Crippen LogP contribution in [-0.4, -0.2) is 13.0 Å². The summed E-state index contributed by atoms with van der Waals surface area (Å²) in [6.45, 7) is 0. The molecule has 20 heavy (non-hydrogen) atoms. The van der Waals surface area contributed by atoms with Gasteiger partial charge in [0.15, 0.2) is 0 Å².